The van der Waals surface area contributed by atoms with Crippen LogP contribution >= 0.6 is 0 Å². The molecule has 3 rings (SSSR count). The molecule has 0 atom stereocenters. The summed E-state index contributed by atoms with van der Waals surface area (Å²) in [6, 6.07) is 12.8. The summed E-state index contributed by atoms with van der Waals surface area (Å²) < 4.78 is 27.0. The quantitative estimate of drug-likeness (QED) is 0.772. The number of amides is 1. The van der Waals surface area contributed by atoms with Crippen molar-refractivity contribution in [2.75, 3.05) is 10.0 Å². The first kappa shape index (κ1) is 11.7. The Bertz CT molecular complexity index is 769. The Kier molecular flexibility index (Phi) is 2.53. The van der Waals surface area contributed by atoms with E-state index in [0.717, 1.165) is 0 Å². The van der Waals surface area contributed by atoms with Gasteiger partial charge in [-0.25, -0.2) is 8.42 Å². The maximum atomic E-state index is 12.3. The molecule has 1 heterocycles. The van der Waals surface area contributed by atoms with Gasteiger partial charge >= 0.3 is 0 Å². The molecule has 0 aliphatic carbocycles. The van der Waals surface area contributed by atoms with E-state index in [-0.39, 0.29) is 10.5 Å². The average molecular weight is 274 g/mol. The van der Waals surface area contributed by atoms with Crippen molar-refractivity contribution in [3.63, 3.8) is 0 Å². The number of para-hydroxylation sites is 2. The highest BCUT2D eigenvalue weighted by molar-refractivity contribution is 7.92. The van der Waals surface area contributed by atoms with Gasteiger partial charge in [-0.2, -0.15) is 0 Å². The zero-order valence-electron chi connectivity index (χ0n) is 9.75. The van der Waals surface area contributed by atoms with E-state index in [2.05, 4.69) is 10.0 Å². The van der Waals surface area contributed by atoms with E-state index >= 15 is 0 Å². The molecular formula is C13H10N2O3S. The smallest absolute Gasteiger partial charge is 0.262 e. The summed E-state index contributed by atoms with van der Waals surface area (Å²) >= 11 is 0. The van der Waals surface area contributed by atoms with Gasteiger partial charge in [0.2, 0.25) is 0 Å². The van der Waals surface area contributed by atoms with Gasteiger partial charge < -0.3 is 5.32 Å². The molecule has 0 bridgehead atoms. The van der Waals surface area contributed by atoms with Crippen LogP contribution in [0.15, 0.2) is 53.4 Å². The molecule has 2 aromatic rings. The molecule has 2 N–H and O–H groups in total. The van der Waals surface area contributed by atoms with Gasteiger partial charge in [-0.05, 0) is 24.3 Å². The maximum absolute atomic E-state index is 12.3. The van der Waals surface area contributed by atoms with Crippen molar-refractivity contribution in [3.8, 4) is 0 Å². The molecule has 5 nitrogen and oxygen atoms in total. The minimum atomic E-state index is -3.76. The summed E-state index contributed by atoms with van der Waals surface area (Å²) in [7, 11) is -3.76. The minimum Gasteiger partial charge on any atom is -0.320 e. The van der Waals surface area contributed by atoms with Crippen LogP contribution in [0.1, 0.15) is 10.4 Å². The zero-order valence-corrected chi connectivity index (χ0v) is 10.6. The summed E-state index contributed by atoms with van der Waals surface area (Å²) in [6.07, 6.45) is 0. The first-order valence-electron chi connectivity index (χ1n) is 5.60. The molecule has 1 aliphatic heterocycles. The van der Waals surface area contributed by atoms with Gasteiger partial charge in [0.1, 0.15) is 4.90 Å². The van der Waals surface area contributed by atoms with E-state index in [1.54, 1.807) is 36.4 Å². The highest BCUT2D eigenvalue weighted by Crippen LogP contribution is 2.29. The first-order valence-corrected chi connectivity index (χ1v) is 7.08. The van der Waals surface area contributed by atoms with E-state index < -0.39 is 15.9 Å². The Labute approximate surface area is 110 Å². The fourth-order valence-electron chi connectivity index (χ4n) is 1.96. The molecule has 96 valence electrons. The molecule has 19 heavy (non-hydrogen) atoms. The van der Waals surface area contributed by atoms with Gasteiger partial charge in [0, 0.05) is 0 Å². The first-order chi connectivity index (χ1) is 9.08. The van der Waals surface area contributed by atoms with Crippen molar-refractivity contribution in [2.45, 2.75) is 4.90 Å². The molecule has 0 radical (unpaired) electrons. The van der Waals surface area contributed by atoms with Gasteiger partial charge in [0.05, 0.1) is 16.9 Å². The number of carbonyl (C=O) groups is 1. The minimum absolute atomic E-state index is 0.0259. The normalized spacial score (nSPS) is 16.1. The van der Waals surface area contributed by atoms with Crippen LogP contribution in [0.3, 0.4) is 0 Å². The predicted molar refractivity (Wildman–Crippen MR) is 71.6 cm³/mol. The second-order valence-electron chi connectivity index (χ2n) is 4.10. The third kappa shape index (κ3) is 1.96. The molecule has 2 aromatic carbocycles. The number of hydrogen-bond donors (Lipinski definition) is 2. The van der Waals surface area contributed by atoms with Gasteiger partial charge in [-0.15, -0.1) is 0 Å². The lowest BCUT2D eigenvalue weighted by Gasteiger charge is -2.18. The van der Waals surface area contributed by atoms with Crippen LogP contribution < -0.4 is 10.0 Å². The van der Waals surface area contributed by atoms with Crippen LogP contribution in [-0.2, 0) is 10.0 Å². The Morgan fingerprint density at radius 3 is 2.26 bits per heavy atom. The highest BCUT2D eigenvalue weighted by atomic mass is 32.2. The molecule has 0 unspecified atom stereocenters. The largest absolute Gasteiger partial charge is 0.320 e. The summed E-state index contributed by atoms with van der Waals surface area (Å²) in [5.74, 6) is -0.437. The monoisotopic (exact) mass is 274 g/mol. The Morgan fingerprint density at radius 1 is 0.842 bits per heavy atom. The van der Waals surface area contributed by atoms with Crippen LogP contribution in [0.5, 0.6) is 0 Å². The second-order valence-corrected chi connectivity index (χ2v) is 5.75. The van der Waals surface area contributed by atoms with Crippen molar-refractivity contribution in [3.05, 3.63) is 54.1 Å². The standard InChI is InChI=1S/C13H10N2O3S/c16-13-9-5-1-4-8-12(9)19(17,18)15-11-7-3-2-6-10(11)14-13/h1-8,15H,(H,14,16). The van der Waals surface area contributed by atoms with E-state index in [1.807, 2.05) is 0 Å². The van der Waals surface area contributed by atoms with Gasteiger partial charge in [0.15, 0.2) is 0 Å². The second kappa shape index (κ2) is 4.10. The highest BCUT2D eigenvalue weighted by Gasteiger charge is 2.26. The molecule has 1 aliphatic rings. The molecular weight excluding hydrogens is 264 g/mol. The number of benzene rings is 2. The van der Waals surface area contributed by atoms with E-state index in [1.165, 1.54) is 12.1 Å². The van der Waals surface area contributed by atoms with Crippen LogP contribution in [0.25, 0.3) is 0 Å². The number of hydrogen-bond acceptors (Lipinski definition) is 3. The molecule has 0 spiro atoms. The predicted octanol–water partition coefficient (Wildman–Crippen LogP) is 2.05. The van der Waals surface area contributed by atoms with Crippen LogP contribution in [0, 0.1) is 0 Å². The third-order valence-electron chi connectivity index (χ3n) is 2.84. The fourth-order valence-corrected chi connectivity index (χ4v) is 3.24. The zero-order chi connectivity index (χ0) is 13.5. The number of anilines is 2. The molecule has 1 amide bonds. The lowest BCUT2D eigenvalue weighted by molar-refractivity contribution is 0.102. The SMILES string of the molecule is O=C1Nc2ccccc2NS(=O)(=O)c2ccccc21. The van der Waals surface area contributed by atoms with E-state index in [4.69, 9.17) is 0 Å². The van der Waals surface area contributed by atoms with Crippen LogP contribution in [0.4, 0.5) is 11.4 Å². The lowest BCUT2D eigenvalue weighted by Crippen LogP contribution is -2.24. The Balaban J connectivity index is 2.26. The molecule has 0 fully saturated rings. The van der Waals surface area contributed by atoms with E-state index in [9.17, 15) is 13.2 Å². The number of rotatable bonds is 0. The van der Waals surface area contributed by atoms with Gasteiger partial charge in [-0.1, -0.05) is 24.3 Å². The van der Waals surface area contributed by atoms with Crippen molar-refractivity contribution >= 4 is 27.3 Å². The maximum Gasteiger partial charge on any atom is 0.262 e. The molecule has 0 saturated carbocycles. The molecule has 0 aromatic heterocycles. The van der Waals surface area contributed by atoms with Crippen molar-refractivity contribution < 1.29 is 13.2 Å². The third-order valence-corrected chi connectivity index (χ3v) is 4.26. The number of carbonyl (C=O) groups excluding carboxylic acids is 1. The lowest BCUT2D eigenvalue weighted by atomic mass is 10.2. The summed E-state index contributed by atoms with van der Waals surface area (Å²) in [5, 5.41) is 2.69. The number of fused-ring (bicyclic) bond motifs is 2. The van der Waals surface area contributed by atoms with E-state index in [0.29, 0.717) is 11.4 Å². The Morgan fingerprint density at radius 2 is 1.47 bits per heavy atom. The Hall–Kier alpha value is -2.34. The van der Waals surface area contributed by atoms with Crippen molar-refractivity contribution in [2.24, 2.45) is 0 Å². The fraction of sp³-hybridized carbons (Fsp3) is 0. The van der Waals surface area contributed by atoms with Gasteiger partial charge in [-0.3, -0.25) is 9.52 Å². The summed E-state index contributed by atoms with van der Waals surface area (Å²) in [6.45, 7) is 0. The summed E-state index contributed by atoms with van der Waals surface area (Å²) in [4.78, 5) is 12.1. The summed E-state index contributed by atoms with van der Waals surface area (Å²) in [5.41, 5.74) is 0.917. The van der Waals surface area contributed by atoms with Crippen molar-refractivity contribution in [1.29, 1.82) is 0 Å². The van der Waals surface area contributed by atoms with Crippen molar-refractivity contribution in [1.82, 2.24) is 0 Å². The average Bonchev–Trinajstić information content (AvgIpc) is 2.39. The van der Waals surface area contributed by atoms with Gasteiger partial charge in [0.25, 0.3) is 15.9 Å². The number of sulfonamides is 1. The van der Waals surface area contributed by atoms with Crippen LogP contribution in [0.2, 0.25) is 0 Å². The topological polar surface area (TPSA) is 75.3 Å². The van der Waals surface area contributed by atoms with Crippen LogP contribution in [-0.4, -0.2) is 14.3 Å². The number of nitrogens with one attached hydrogen (secondary N) is 2. The molecule has 0 saturated heterocycles. The molecule has 6 heteroatoms.